The Kier molecular flexibility index (Phi) is 4.99. The monoisotopic (exact) mass is 242 g/mol. The molecule has 0 saturated carbocycles. The number of hydrogen-bond donors (Lipinski definition) is 0. The van der Waals surface area contributed by atoms with Crippen LogP contribution >= 0.6 is 24.2 Å². The summed E-state index contributed by atoms with van der Waals surface area (Å²) in [6.07, 6.45) is 2.09. The lowest BCUT2D eigenvalue weighted by Crippen LogP contribution is -2.24. The maximum Gasteiger partial charge on any atom is 0.159 e. The van der Waals surface area contributed by atoms with Gasteiger partial charge in [-0.25, -0.2) is 0 Å². The second kappa shape index (κ2) is 6.03. The average molecular weight is 243 g/mol. The van der Waals surface area contributed by atoms with Crippen LogP contribution in [0.5, 0.6) is 0 Å². The molecule has 1 aromatic carbocycles. The third-order valence-corrected chi connectivity index (χ3v) is 3.04. The average Bonchev–Trinajstić information content (AvgIpc) is 2.67. The van der Waals surface area contributed by atoms with Gasteiger partial charge in [-0.3, -0.25) is 4.99 Å². The molecule has 0 saturated heterocycles. The molecule has 0 unspecified atom stereocenters. The summed E-state index contributed by atoms with van der Waals surface area (Å²) in [5.41, 5.74) is 1.36. The van der Waals surface area contributed by atoms with Gasteiger partial charge < -0.3 is 4.90 Å². The Bertz CT molecular complexity index is 327. The van der Waals surface area contributed by atoms with E-state index >= 15 is 0 Å². The van der Waals surface area contributed by atoms with Crippen LogP contribution in [0.25, 0.3) is 0 Å². The van der Waals surface area contributed by atoms with Crippen molar-refractivity contribution in [3.05, 3.63) is 35.9 Å². The number of amidine groups is 1. The molecule has 4 heteroatoms. The fourth-order valence-electron chi connectivity index (χ4n) is 1.61. The van der Waals surface area contributed by atoms with Crippen LogP contribution in [0.1, 0.15) is 5.56 Å². The molecule has 0 N–H and O–H groups in total. The van der Waals surface area contributed by atoms with E-state index in [1.807, 2.05) is 0 Å². The van der Waals surface area contributed by atoms with Crippen molar-refractivity contribution in [2.24, 2.45) is 4.99 Å². The fourth-order valence-corrected chi connectivity index (χ4v) is 2.24. The summed E-state index contributed by atoms with van der Waals surface area (Å²) in [6.45, 7) is 2.99. The van der Waals surface area contributed by atoms with E-state index in [0.29, 0.717) is 0 Å². The first-order chi connectivity index (χ1) is 6.90. The van der Waals surface area contributed by atoms with E-state index in [2.05, 4.69) is 46.5 Å². The van der Waals surface area contributed by atoms with Crippen LogP contribution < -0.4 is 0 Å². The van der Waals surface area contributed by atoms with E-state index in [1.165, 1.54) is 10.7 Å². The fraction of sp³-hybridized carbons (Fsp3) is 0.364. The summed E-state index contributed by atoms with van der Waals surface area (Å²) in [7, 11) is 0. The van der Waals surface area contributed by atoms with Gasteiger partial charge in [0, 0.05) is 13.1 Å². The molecule has 0 spiro atoms. The van der Waals surface area contributed by atoms with Crippen LogP contribution in [0.3, 0.4) is 0 Å². The Labute approximate surface area is 101 Å². The van der Waals surface area contributed by atoms with Crippen molar-refractivity contribution in [3.8, 4) is 0 Å². The summed E-state index contributed by atoms with van der Waals surface area (Å²) in [6, 6.07) is 10.5. The topological polar surface area (TPSA) is 15.6 Å². The number of aliphatic imine (C=N–C) groups is 1. The number of nitrogens with zero attached hydrogens (tertiary/aromatic N) is 2. The third-order valence-electron chi connectivity index (χ3n) is 2.29. The molecule has 0 fully saturated rings. The number of rotatable bonds is 2. The molecule has 1 aromatic rings. The molecule has 2 nitrogen and oxygen atoms in total. The number of benzene rings is 1. The Morgan fingerprint density at radius 2 is 2.07 bits per heavy atom. The highest BCUT2D eigenvalue weighted by Crippen LogP contribution is 2.14. The summed E-state index contributed by atoms with van der Waals surface area (Å²) >= 11 is 1.74. The molecule has 0 bridgehead atoms. The van der Waals surface area contributed by atoms with Gasteiger partial charge in [0.15, 0.2) is 5.17 Å². The molecular weight excluding hydrogens is 228 g/mol. The zero-order valence-electron chi connectivity index (χ0n) is 8.72. The van der Waals surface area contributed by atoms with Crippen molar-refractivity contribution >= 4 is 29.3 Å². The Morgan fingerprint density at radius 3 is 2.73 bits per heavy atom. The molecule has 1 aliphatic rings. The van der Waals surface area contributed by atoms with Crippen LogP contribution in [0.15, 0.2) is 35.3 Å². The van der Waals surface area contributed by atoms with E-state index in [4.69, 9.17) is 0 Å². The predicted octanol–water partition coefficient (Wildman–Crippen LogP) is 2.64. The second-order valence-electron chi connectivity index (χ2n) is 3.28. The third kappa shape index (κ3) is 3.14. The summed E-state index contributed by atoms with van der Waals surface area (Å²) < 4.78 is 0. The van der Waals surface area contributed by atoms with Crippen molar-refractivity contribution in [1.82, 2.24) is 4.90 Å². The summed E-state index contributed by atoms with van der Waals surface area (Å²) in [5, 5.41) is 1.17. The zero-order chi connectivity index (χ0) is 9.80. The van der Waals surface area contributed by atoms with Gasteiger partial charge in [-0.2, -0.15) is 0 Å². The van der Waals surface area contributed by atoms with Crippen molar-refractivity contribution in [3.63, 3.8) is 0 Å². The zero-order valence-corrected chi connectivity index (χ0v) is 10.4. The van der Waals surface area contributed by atoms with Crippen molar-refractivity contribution < 1.29 is 0 Å². The largest absolute Gasteiger partial charge is 0.345 e. The van der Waals surface area contributed by atoms with Crippen LogP contribution in [-0.4, -0.2) is 29.4 Å². The molecule has 0 aromatic heterocycles. The number of hydrogen-bond acceptors (Lipinski definition) is 3. The smallest absolute Gasteiger partial charge is 0.159 e. The molecule has 1 heterocycles. The molecule has 0 amide bonds. The highest BCUT2D eigenvalue weighted by Gasteiger charge is 2.15. The minimum atomic E-state index is 0. The summed E-state index contributed by atoms with van der Waals surface area (Å²) in [5.74, 6) is 0. The lowest BCUT2D eigenvalue weighted by molar-refractivity contribution is 0.459. The quantitative estimate of drug-likeness (QED) is 0.793. The van der Waals surface area contributed by atoms with Gasteiger partial charge in [0.2, 0.25) is 0 Å². The Morgan fingerprint density at radius 1 is 1.33 bits per heavy atom. The highest BCUT2D eigenvalue weighted by atomic mass is 35.5. The SMILES string of the molecule is CSC1=NCCN1Cc1ccccc1.Cl. The lowest BCUT2D eigenvalue weighted by Gasteiger charge is -2.18. The maximum atomic E-state index is 4.44. The minimum absolute atomic E-state index is 0. The summed E-state index contributed by atoms with van der Waals surface area (Å²) in [4.78, 5) is 6.77. The van der Waals surface area contributed by atoms with Crippen molar-refractivity contribution in [1.29, 1.82) is 0 Å². The molecule has 0 radical (unpaired) electrons. The first-order valence-electron chi connectivity index (χ1n) is 4.77. The first-order valence-corrected chi connectivity index (χ1v) is 6.00. The van der Waals surface area contributed by atoms with Crippen molar-refractivity contribution in [2.75, 3.05) is 19.3 Å². The Hall–Kier alpha value is -0.670. The maximum absolute atomic E-state index is 4.44. The van der Waals surface area contributed by atoms with E-state index in [9.17, 15) is 0 Å². The molecule has 0 atom stereocenters. The van der Waals surface area contributed by atoms with Gasteiger partial charge in [0.1, 0.15) is 0 Å². The van der Waals surface area contributed by atoms with Gasteiger partial charge in [-0.15, -0.1) is 12.4 Å². The predicted molar refractivity (Wildman–Crippen MR) is 69.9 cm³/mol. The van der Waals surface area contributed by atoms with Crippen molar-refractivity contribution in [2.45, 2.75) is 6.54 Å². The van der Waals surface area contributed by atoms with E-state index in [1.54, 1.807) is 11.8 Å². The van der Waals surface area contributed by atoms with Gasteiger partial charge in [0.05, 0.1) is 6.54 Å². The van der Waals surface area contributed by atoms with E-state index < -0.39 is 0 Å². The molecule has 2 rings (SSSR count). The van der Waals surface area contributed by atoms with Crippen LogP contribution in [0.4, 0.5) is 0 Å². The molecule has 82 valence electrons. The van der Waals surface area contributed by atoms with Crippen LogP contribution in [-0.2, 0) is 6.54 Å². The van der Waals surface area contributed by atoms with E-state index in [-0.39, 0.29) is 12.4 Å². The standard InChI is InChI=1S/C11H14N2S.ClH/c1-14-11-12-7-8-13(11)9-10-5-3-2-4-6-10;/h2-6H,7-9H2,1H3;1H. The van der Waals surface area contributed by atoms with Gasteiger partial charge in [-0.05, 0) is 11.8 Å². The van der Waals surface area contributed by atoms with Crippen LogP contribution in [0.2, 0.25) is 0 Å². The molecule has 0 aliphatic carbocycles. The lowest BCUT2D eigenvalue weighted by atomic mass is 10.2. The highest BCUT2D eigenvalue weighted by molar-refractivity contribution is 8.13. The number of thioether (sulfide) groups is 1. The Balaban J connectivity index is 0.00000112. The van der Waals surface area contributed by atoms with Gasteiger partial charge >= 0.3 is 0 Å². The molecular formula is C11H15ClN2S. The molecule has 1 aliphatic heterocycles. The number of halogens is 1. The van der Waals surface area contributed by atoms with E-state index in [0.717, 1.165) is 19.6 Å². The first kappa shape index (κ1) is 12.4. The van der Waals surface area contributed by atoms with Crippen LogP contribution in [0, 0.1) is 0 Å². The van der Waals surface area contributed by atoms with Gasteiger partial charge in [-0.1, -0.05) is 42.1 Å². The molecule has 15 heavy (non-hydrogen) atoms. The second-order valence-corrected chi connectivity index (χ2v) is 4.05. The minimum Gasteiger partial charge on any atom is -0.345 e. The van der Waals surface area contributed by atoms with Gasteiger partial charge in [0.25, 0.3) is 0 Å². The normalized spacial score (nSPS) is 14.7.